The molecule has 0 fully saturated rings. The summed E-state index contributed by atoms with van der Waals surface area (Å²) in [6.07, 6.45) is 0.870. The first-order valence-corrected chi connectivity index (χ1v) is 5.81. The van der Waals surface area contributed by atoms with E-state index in [1.165, 1.54) is 12.1 Å². The number of rotatable bonds is 2. The summed E-state index contributed by atoms with van der Waals surface area (Å²) in [7, 11) is 0. The highest BCUT2D eigenvalue weighted by Crippen LogP contribution is 2.26. The molecule has 3 nitrogen and oxygen atoms in total. The average molecular weight is 303 g/mol. The third-order valence-electron chi connectivity index (χ3n) is 2.25. The first-order valence-electron chi connectivity index (χ1n) is 5.05. The lowest BCUT2D eigenvalue weighted by atomic mass is 10.2. The maximum absolute atomic E-state index is 13.5. The van der Waals surface area contributed by atoms with Crippen molar-refractivity contribution in [2.75, 3.05) is 5.32 Å². The van der Waals surface area contributed by atoms with Crippen molar-refractivity contribution in [1.82, 2.24) is 4.98 Å². The highest BCUT2D eigenvalue weighted by Gasteiger charge is 2.16. The number of amides is 1. The quantitative estimate of drug-likeness (QED) is 0.854. The molecule has 0 bridgehead atoms. The van der Waals surface area contributed by atoms with Crippen LogP contribution in [0, 0.1) is 11.6 Å². The van der Waals surface area contributed by atoms with E-state index >= 15 is 0 Å². The maximum Gasteiger partial charge on any atom is 0.259 e. The second-order valence-electron chi connectivity index (χ2n) is 3.54. The monoisotopic (exact) mass is 302 g/mol. The van der Waals surface area contributed by atoms with Gasteiger partial charge in [0.1, 0.15) is 16.8 Å². The van der Waals surface area contributed by atoms with Crippen LogP contribution in [0.2, 0.25) is 10.2 Å². The van der Waals surface area contributed by atoms with Crippen LogP contribution in [0.5, 0.6) is 0 Å². The molecule has 0 spiro atoms. The van der Waals surface area contributed by atoms with Crippen LogP contribution in [0.4, 0.5) is 14.5 Å². The number of aromatic nitrogens is 1. The molecular weight excluding hydrogens is 297 g/mol. The molecule has 0 saturated carbocycles. The van der Waals surface area contributed by atoms with Gasteiger partial charge in [-0.05, 0) is 18.2 Å². The molecule has 1 amide bonds. The van der Waals surface area contributed by atoms with Crippen LogP contribution in [-0.4, -0.2) is 10.9 Å². The van der Waals surface area contributed by atoms with E-state index in [2.05, 4.69) is 10.3 Å². The fraction of sp³-hybridized carbons (Fsp3) is 0. The normalized spacial score (nSPS) is 10.3. The number of halogens is 4. The summed E-state index contributed by atoms with van der Waals surface area (Å²) >= 11 is 11.4. The summed E-state index contributed by atoms with van der Waals surface area (Å²) < 4.78 is 26.5. The number of anilines is 1. The average Bonchev–Trinajstić information content (AvgIpc) is 2.37. The van der Waals surface area contributed by atoms with Crippen molar-refractivity contribution >= 4 is 34.8 Å². The van der Waals surface area contributed by atoms with Crippen LogP contribution >= 0.6 is 23.2 Å². The standard InChI is InChI=1S/C12H6Cl2F2N2O/c13-8-2-1-3-9(16)10(8)18-12(19)7-4-6(15)5-17-11(7)14/h1-5H,(H,18,19). The number of hydrogen-bond donors (Lipinski definition) is 1. The van der Waals surface area contributed by atoms with Gasteiger partial charge in [0.15, 0.2) is 0 Å². The molecule has 2 aromatic rings. The Morgan fingerprint density at radius 1 is 1.26 bits per heavy atom. The van der Waals surface area contributed by atoms with Gasteiger partial charge < -0.3 is 5.32 Å². The highest BCUT2D eigenvalue weighted by molar-refractivity contribution is 6.35. The number of nitrogens with zero attached hydrogens (tertiary/aromatic N) is 1. The van der Waals surface area contributed by atoms with Crippen LogP contribution < -0.4 is 5.32 Å². The van der Waals surface area contributed by atoms with Gasteiger partial charge in [-0.25, -0.2) is 13.8 Å². The Balaban J connectivity index is 2.34. The second kappa shape index (κ2) is 5.50. The largest absolute Gasteiger partial charge is 0.318 e. The van der Waals surface area contributed by atoms with Crippen molar-refractivity contribution in [2.24, 2.45) is 0 Å². The summed E-state index contributed by atoms with van der Waals surface area (Å²) in [4.78, 5) is 15.4. The Morgan fingerprint density at radius 3 is 2.68 bits per heavy atom. The fourth-order valence-corrected chi connectivity index (χ4v) is 1.78. The number of para-hydroxylation sites is 1. The van der Waals surface area contributed by atoms with Crippen molar-refractivity contribution in [1.29, 1.82) is 0 Å². The van der Waals surface area contributed by atoms with E-state index in [-0.39, 0.29) is 21.4 Å². The minimum Gasteiger partial charge on any atom is -0.318 e. The van der Waals surface area contributed by atoms with Gasteiger partial charge in [0, 0.05) is 0 Å². The lowest BCUT2D eigenvalue weighted by Gasteiger charge is -2.08. The van der Waals surface area contributed by atoms with Crippen LogP contribution in [0.25, 0.3) is 0 Å². The molecule has 19 heavy (non-hydrogen) atoms. The highest BCUT2D eigenvalue weighted by atomic mass is 35.5. The molecule has 0 aliphatic carbocycles. The van der Waals surface area contributed by atoms with E-state index in [0.29, 0.717) is 0 Å². The SMILES string of the molecule is O=C(Nc1c(F)cccc1Cl)c1cc(F)cnc1Cl. The smallest absolute Gasteiger partial charge is 0.259 e. The Labute approximate surface area is 117 Å². The van der Waals surface area contributed by atoms with Crippen molar-refractivity contribution in [3.05, 3.63) is 57.8 Å². The molecular formula is C12H6Cl2F2N2O. The van der Waals surface area contributed by atoms with Crippen molar-refractivity contribution in [2.45, 2.75) is 0 Å². The third-order valence-corrected chi connectivity index (χ3v) is 2.87. The fourth-order valence-electron chi connectivity index (χ4n) is 1.38. The van der Waals surface area contributed by atoms with Crippen LogP contribution in [0.3, 0.4) is 0 Å². The molecule has 1 heterocycles. The molecule has 0 saturated heterocycles. The molecule has 7 heteroatoms. The Kier molecular flexibility index (Phi) is 3.97. The topological polar surface area (TPSA) is 42.0 Å². The van der Waals surface area contributed by atoms with Gasteiger partial charge in [0.2, 0.25) is 0 Å². The van der Waals surface area contributed by atoms with Crippen molar-refractivity contribution < 1.29 is 13.6 Å². The predicted molar refractivity (Wildman–Crippen MR) is 68.6 cm³/mol. The van der Waals surface area contributed by atoms with E-state index in [1.807, 2.05) is 0 Å². The zero-order valence-corrected chi connectivity index (χ0v) is 10.8. The molecule has 1 aromatic carbocycles. The van der Waals surface area contributed by atoms with E-state index in [4.69, 9.17) is 23.2 Å². The number of carbonyl (C=O) groups excluding carboxylic acids is 1. The van der Waals surface area contributed by atoms with Gasteiger partial charge >= 0.3 is 0 Å². The molecule has 1 aromatic heterocycles. The van der Waals surface area contributed by atoms with Crippen LogP contribution in [0.15, 0.2) is 30.5 Å². The molecule has 0 aliphatic heterocycles. The van der Waals surface area contributed by atoms with Gasteiger partial charge in [-0.2, -0.15) is 0 Å². The first kappa shape index (κ1) is 13.7. The molecule has 0 unspecified atom stereocenters. The summed E-state index contributed by atoms with van der Waals surface area (Å²) in [5.41, 5.74) is -0.407. The molecule has 0 radical (unpaired) electrons. The summed E-state index contributed by atoms with van der Waals surface area (Å²) in [6.45, 7) is 0. The van der Waals surface area contributed by atoms with Gasteiger partial charge in [0.25, 0.3) is 5.91 Å². The van der Waals surface area contributed by atoms with Crippen molar-refractivity contribution in [3.8, 4) is 0 Å². The minimum atomic E-state index is -0.802. The number of hydrogen-bond acceptors (Lipinski definition) is 2. The Morgan fingerprint density at radius 2 is 2.00 bits per heavy atom. The maximum atomic E-state index is 13.5. The van der Waals surface area contributed by atoms with Crippen LogP contribution in [0.1, 0.15) is 10.4 Å². The molecule has 2 rings (SSSR count). The van der Waals surface area contributed by atoms with E-state index in [9.17, 15) is 13.6 Å². The number of pyridine rings is 1. The van der Waals surface area contributed by atoms with E-state index in [0.717, 1.165) is 18.3 Å². The Hall–Kier alpha value is -1.72. The Bertz CT molecular complexity index is 629. The van der Waals surface area contributed by atoms with Gasteiger partial charge in [-0.3, -0.25) is 4.79 Å². The lowest BCUT2D eigenvalue weighted by molar-refractivity contribution is 0.102. The van der Waals surface area contributed by atoms with Crippen LogP contribution in [-0.2, 0) is 0 Å². The summed E-state index contributed by atoms with van der Waals surface area (Å²) in [6, 6.07) is 4.84. The first-order chi connectivity index (χ1) is 8.99. The van der Waals surface area contributed by atoms with E-state index < -0.39 is 17.5 Å². The molecule has 98 valence electrons. The zero-order chi connectivity index (χ0) is 14.0. The minimum absolute atomic E-state index is 0.0221. The predicted octanol–water partition coefficient (Wildman–Crippen LogP) is 3.92. The van der Waals surface area contributed by atoms with Crippen molar-refractivity contribution in [3.63, 3.8) is 0 Å². The summed E-state index contributed by atoms with van der Waals surface area (Å²) in [5.74, 6) is -2.24. The summed E-state index contributed by atoms with van der Waals surface area (Å²) in [5, 5.41) is 2.06. The van der Waals surface area contributed by atoms with E-state index in [1.54, 1.807) is 0 Å². The molecule has 1 N–H and O–H groups in total. The number of benzene rings is 1. The molecule has 0 atom stereocenters. The zero-order valence-electron chi connectivity index (χ0n) is 9.25. The lowest BCUT2D eigenvalue weighted by Crippen LogP contribution is -2.14. The number of nitrogens with one attached hydrogen (secondary N) is 1. The van der Waals surface area contributed by atoms with Gasteiger partial charge in [0.05, 0.1) is 22.5 Å². The number of carbonyl (C=O) groups is 1. The second-order valence-corrected chi connectivity index (χ2v) is 4.31. The third kappa shape index (κ3) is 3.00. The molecule has 0 aliphatic rings. The van der Waals surface area contributed by atoms with Gasteiger partial charge in [-0.1, -0.05) is 29.3 Å². The van der Waals surface area contributed by atoms with Gasteiger partial charge in [-0.15, -0.1) is 0 Å².